The first-order valence-corrected chi connectivity index (χ1v) is 5.50. The van der Waals surface area contributed by atoms with Gasteiger partial charge in [-0.1, -0.05) is 15.9 Å². The van der Waals surface area contributed by atoms with Gasteiger partial charge in [-0.3, -0.25) is 4.79 Å². The Hall–Kier alpha value is -0.360. The van der Waals surface area contributed by atoms with Crippen LogP contribution in [-0.2, 0) is 5.33 Å². The molecular formula is C8H5Br2F2NO. The normalized spacial score (nSPS) is 10.6. The monoisotopic (exact) mass is 327 g/mol. The first-order chi connectivity index (χ1) is 6.60. The van der Waals surface area contributed by atoms with Crippen molar-refractivity contribution in [2.75, 3.05) is 0 Å². The summed E-state index contributed by atoms with van der Waals surface area (Å²) in [6.07, 6.45) is -2.07. The molecule has 0 aliphatic rings. The zero-order valence-corrected chi connectivity index (χ0v) is 9.98. The highest BCUT2D eigenvalue weighted by Gasteiger charge is 2.16. The lowest BCUT2D eigenvalue weighted by atomic mass is 10.2. The SMILES string of the molecule is O=Cc1cc(CBr)c(C(F)F)nc1Br. The van der Waals surface area contributed by atoms with Gasteiger partial charge in [-0.2, -0.15) is 0 Å². The third-order valence-electron chi connectivity index (χ3n) is 1.59. The summed E-state index contributed by atoms with van der Waals surface area (Å²) in [5.41, 5.74) is 0.286. The topological polar surface area (TPSA) is 30.0 Å². The maximum atomic E-state index is 12.4. The summed E-state index contributed by atoms with van der Waals surface area (Å²) in [5, 5.41) is 0.244. The summed E-state index contributed by atoms with van der Waals surface area (Å²) in [6, 6.07) is 1.39. The molecule has 0 saturated heterocycles. The Bertz CT molecular complexity index is 357. The van der Waals surface area contributed by atoms with Crippen LogP contribution in [0.3, 0.4) is 0 Å². The Morgan fingerprint density at radius 1 is 1.57 bits per heavy atom. The van der Waals surface area contributed by atoms with Crippen LogP contribution in [0.5, 0.6) is 0 Å². The smallest absolute Gasteiger partial charge is 0.280 e. The molecule has 0 atom stereocenters. The zero-order chi connectivity index (χ0) is 10.7. The molecule has 0 aromatic carbocycles. The first-order valence-electron chi connectivity index (χ1n) is 3.58. The van der Waals surface area contributed by atoms with E-state index in [1.54, 1.807) is 0 Å². The lowest BCUT2D eigenvalue weighted by molar-refractivity contribution is 0.112. The van der Waals surface area contributed by atoms with Gasteiger partial charge in [0.25, 0.3) is 6.43 Å². The molecular weight excluding hydrogens is 324 g/mol. The van der Waals surface area contributed by atoms with Crippen molar-refractivity contribution in [2.45, 2.75) is 11.8 Å². The second-order valence-corrected chi connectivity index (χ2v) is 3.78. The summed E-state index contributed by atoms with van der Waals surface area (Å²) in [7, 11) is 0. The molecule has 1 aromatic heterocycles. The molecule has 0 spiro atoms. The fourth-order valence-corrected chi connectivity index (χ4v) is 1.79. The van der Waals surface area contributed by atoms with E-state index in [0.29, 0.717) is 11.8 Å². The Kier molecular flexibility index (Phi) is 4.12. The molecule has 0 aliphatic carbocycles. The van der Waals surface area contributed by atoms with E-state index in [0.717, 1.165) is 0 Å². The molecule has 1 heterocycles. The fourth-order valence-electron chi connectivity index (χ4n) is 0.942. The van der Waals surface area contributed by atoms with E-state index in [4.69, 9.17) is 0 Å². The van der Waals surface area contributed by atoms with Crippen molar-refractivity contribution < 1.29 is 13.6 Å². The number of pyridine rings is 1. The van der Waals surface area contributed by atoms with Gasteiger partial charge in [0.1, 0.15) is 10.3 Å². The molecule has 0 N–H and O–H groups in total. The van der Waals surface area contributed by atoms with E-state index in [1.807, 2.05) is 0 Å². The molecule has 0 saturated carbocycles. The minimum atomic E-state index is -2.64. The van der Waals surface area contributed by atoms with Gasteiger partial charge in [0.15, 0.2) is 6.29 Å². The molecule has 2 nitrogen and oxygen atoms in total. The van der Waals surface area contributed by atoms with Crippen LogP contribution in [0.25, 0.3) is 0 Å². The quantitative estimate of drug-likeness (QED) is 0.483. The van der Waals surface area contributed by atoms with Crippen molar-refractivity contribution in [3.8, 4) is 0 Å². The summed E-state index contributed by atoms with van der Waals surface area (Å²) in [6.45, 7) is 0. The van der Waals surface area contributed by atoms with Crippen molar-refractivity contribution in [3.05, 3.63) is 27.5 Å². The highest BCUT2D eigenvalue weighted by atomic mass is 79.9. The van der Waals surface area contributed by atoms with Crippen LogP contribution >= 0.6 is 31.9 Å². The Labute approximate surface area is 96.0 Å². The van der Waals surface area contributed by atoms with Crippen LogP contribution in [0.15, 0.2) is 10.7 Å². The number of rotatable bonds is 3. The van der Waals surface area contributed by atoms with Gasteiger partial charge in [0.2, 0.25) is 0 Å². The molecule has 0 amide bonds. The van der Waals surface area contributed by atoms with E-state index >= 15 is 0 Å². The van der Waals surface area contributed by atoms with Crippen LogP contribution in [0.1, 0.15) is 28.0 Å². The maximum absolute atomic E-state index is 12.4. The van der Waals surface area contributed by atoms with Gasteiger partial charge in [0.05, 0.1) is 0 Å². The van der Waals surface area contributed by atoms with E-state index in [-0.39, 0.29) is 21.2 Å². The Balaban J connectivity index is 3.31. The molecule has 14 heavy (non-hydrogen) atoms. The van der Waals surface area contributed by atoms with E-state index in [9.17, 15) is 13.6 Å². The summed E-state index contributed by atoms with van der Waals surface area (Å²) >= 11 is 6.01. The first kappa shape index (κ1) is 11.7. The molecule has 6 heteroatoms. The number of nitrogens with zero attached hydrogens (tertiary/aromatic N) is 1. The third-order valence-corrected chi connectivity index (χ3v) is 2.83. The third kappa shape index (κ3) is 2.36. The second kappa shape index (κ2) is 4.93. The van der Waals surface area contributed by atoms with Crippen molar-refractivity contribution in [1.29, 1.82) is 0 Å². The molecule has 1 aromatic rings. The van der Waals surface area contributed by atoms with Crippen molar-refractivity contribution in [2.24, 2.45) is 0 Å². The predicted molar refractivity (Wildman–Crippen MR) is 54.9 cm³/mol. The lowest BCUT2D eigenvalue weighted by Crippen LogP contribution is -2.00. The predicted octanol–water partition coefficient (Wildman–Crippen LogP) is 3.49. The number of hydrogen-bond donors (Lipinski definition) is 0. The number of carbonyl (C=O) groups is 1. The van der Waals surface area contributed by atoms with Crippen molar-refractivity contribution >= 4 is 38.1 Å². The molecule has 0 radical (unpaired) electrons. The van der Waals surface area contributed by atoms with Crippen LogP contribution in [-0.4, -0.2) is 11.3 Å². The minimum Gasteiger partial charge on any atom is -0.298 e. The Morgan fingerprint density at radius 3 is 2.64 bits per heavy atom. The van der Waals surface area contributed by atoms with Crippen LogP contribution in [0.4, 0.5) is 8.78 Å². The highest BCUT2D eigenvalue weighted by Crippen LogP contribution is 2.26. The van der Waals surface area contributed by atoms with Crippen molar-refractivity contribution in [1.82, 2.24) is 4.98 Å². The summed E-state index contributed by atoms with van der Waals surface area (Å²) in [4.78, 5) is 14.1. The number of carbonyl (C=O) groups excluding carboxylic acids is 1. The average molecular weight is 329 g/mol. The van der Waals surface area contributed by atoms with Gasteiger partial charge in [0, 0.05) is 10.9 Å². The van der Waals surface area contributed by atoms with Crippen LogP contribution < -0.4 is 0 Å². The standard InChI is InChI=1S/C8H5Br2F2NO/c9-2-4-1-5(3-14)7(10)13-6(4)8(11)12/h1,3,8H,2H2. The van der Waals surface area contributed by atoms with E-state index in [1.165, 1.54) is 6.07 Å². The highest BCUT2D eigenvalue weighted by molar-refractivity contribution is 9.10. The second-order valence-electron chi connectivity index (χ2n) is 2.46. The molecule has 0 unspecified atom stereocenters. The van der Waals surface area contributed by atoms with E-state index < -0.39 is 6.43 Å². The van der Waals surface area contributed by atoms with Gasteiger partial charge in [-0.25, -0.2) is 13.8 Å². The van der Waals surface area contributed by atoms with Gasteiger partial charge < -0.3 is 0 Å². The largest absolute Gasteiger partial charge is 0.298 e. The lowest BCUT2D eigenvalue weighted by Gasteiger charge is -2.07. The number of hydrogen-bond acceptors (Lipinski definition) is 2. The molecule has 0 bridgehead atoms. The van der Waals surface area contributed by atoms with Crippen LogP contribution in [0.2, 0.25) is 0 Å². The summed E-state index contributed by atoms with van der Waals surface area (Å²) in [5.74, 6) is 0. The molecule has 1 rings (SSSR count). The van der Waals surface area contributed by atoms with Gasteiger partial charge >= 0.3 is 0 Å². The molecule has 0 fully saturated rings. The van der Waals surface area contributed by atoms with Crippen molar-refractivity contribution in [3.63, 3.8) is 0 Å². The van der Waals surface area contributed by atoms with Crippen LogP contribution in [0, 0.1) is 0 Å². The average Bonchev–Trinajstić information content (AvgIpc) is 2.17. The Morgan fingerprint density at radius 2 is 2.21 bits per heavy atom. The molecule has 76 valence electrons. The molecule has 0 aliphatic heterocycles. The maximum Gasteiger partial charge on any atom is 0.280 e. The summed E-state index contributed by atoms with van der Waals surface area (Å²) < 4.78 is 25.0. The fraction of sp³-hybridized carbons (Fsp3) is 0.250. The van der Waals surface area contributed by atoms with Gasteiger partial charge in [-0.15, -0.1) is 0 Å². The number of halogens is 4. The minimum absolute atomic E-state index is 0.146. The van der Waals surface area contributed by atoms with E-state index in [2.05, 4.69) is 36.8 Å². The number of alkyl halides is 3. The van der Waals surface area contributed by atoms with Gasteiger partial charge in [-0.05, 0) is 27.6 Å². The zero-order valence-electron chi connectivity index (χ0n) is 6.81. The number of aldehydes is 1. The number of aromatic nitrogens is 1.